The molecule has 0 amide bonds. The van der Waals surface area contributed by atoms with Gasteiger partial charge in [-0.3, -0.25) is 0 Å². The minimum atomic E-state index is -3.77. The van der Waals surface area contributed by atoms with E-state index in [1.807, 2.05) is 0 Å². The number of thiazole rings is 1. The smallest absolute Gasteiger partial charge is 0.335 e. The monoisotopic (exact) mass is 333 g/mol. The Morgan fingerprint density at radius 2 is 2.10 bits per heavy atom. The van der Waals surface area contributed by atoms with Crippen molar-refractivity contribution in [3.63, 3.8) is 0 Å². The van der Waals surface area contributed by atoms with Gasteiger partial charge in [0.2, 0.25) is 14.2 Å². The molecule has 0 aliphatic carbocycles. The first kappa shape index (κ1) is 15.5. The Morgan fingerprint density at radius 3 is 2.71 bits per heavy atom. The van der Waals surface area contributed by atoms with E-state index in [2.05, 4.69) is 4.98 Å². The highest BCUT2D eigenvalue weighted by Crippen LogP contribution is 2.27. The second-order valence-corrected chi connectivity index (χ2v) is 7.38. The van der Waals surface area contributed by atoms with Crippen molar-refractivity contribution in [3.8, 4) is 0 Å². The molecule has 1 aromatic carbocycles. The number of fused-ring (bicyclic) bond motifs is 1. The van der Waals surface area contributed by atoms with Gasteiger partial charge in [0.05, 0.1) is 21.5 Å². The lowest BCUT2D eigenvalue weighted by molar-refractivity contribution is 0.0697. The third-order valence-corrected chi connectivity index (χ3v) is 5.81. The van der Waals surface area contributed by atoms with Crippen molar-refractivity contribution in [2.45, 2.75) is 10.8 Å². The summed E-state index contributed by atoms with van der Waals surface area (Å²) >= 11 is 0.883. The van der Waals surface area contributed by atoms with Crippen LogP contribution in [-0.2, 0) is 9.84 Å². The average molecular weight is 333 g/mol. The van der Waals surface area contributed by atoms with Crippen LogP contribution in [0.15, 0.2) is 34.7 Å². The van der Waals surface area contributed by atoms with E-state index in [1.165, 1.54) is 18.2 Å². The summed E-state index contributed by atoms with van der Waals surface area (Å²) in [5.74, 6) is -1.62. The number of hydrogen-bond donors (Lipinski definition) is 1. The average Bonchev–Trinajstić information content (AvgIpc) is 2.81. The van der Waals surface area contributed by atoms with Crippen LogP contribution in [0, 0.1) is 0 Å². The van der Waals surface area contributed by atoms with Crippen LogP contribution < -0.4 is 0 Å². The summed E-state index contributed by atoms with van der Waals surface area (Å²) in [6.07, 6.45) is -1.70. The van der Waals surface area contributed by atoms with Crippen molar-refractivity contribution >= 4 is 37.4 Å². The standard InChI is InChI=1S/C12H9F2NO4S2/c13-10(14)2-1-5-21(18,19)12-15-8-6-7(11(16)17)3-4-9(8)20-12/h2-4,6H,1,5H2,(H,16,17). The third kappa shape index (κ3) is 3.61. The lowest BCUT2D eigenvalue weighted by Crippen LogP contribution is -2.05. The first-order valence-corrected chi connectivity index (χ1v) is 8.14. The van der Waals surface area contributed by atoms with Gasteiger partial charge in [-0.05, 0) is 30.7 Å². The number of hydrogen-bond acceptors (Lipinski definition) is 5. The Balaban J connectivity index is 2.33. The minimum absolute atomic E-state index is 0.000758. The summed E-state index contributed by atoms with van der Waals surface area (Å²) < 4.78 is 48.0. The molecule has 0 saturated carbocycles. The van der Waals surface area contributed by atoms with Gasteiger partial charge in [-0.1, -0.05) is 0 Å². The van der Waals surface area contributed by atoms with Crippen molar-refractivity contribution in [3.05, 3.63) is 35.9 Å². The van der Waals surface area contributed by atoms with Crippen molar-refractivity contribution in [2.75, 3.05) is 5.75 Å². The maximum Gasteiger partial charge on any atom is 0.335 e. The zero-order chi connectivity index (χ0) is 15.6. The van der Waals surface area contributed by atoms with Crippen LogP contribution in [0.4, 0.5) is 8.78 Å². The van der Waals surface area contributed by atoms with Crippen molar-refractivity contribution < 1.29 is 27.1 Å². The lowest BCUT2D eigenvalue weighted by Gasteiger charge is -1.96. The number of carbonyl (C=O) groups is 1. The summed E-state index contributed by atoms with van der Waals surface area (Å²) in [5.41, 5.74) is 0.255. The number of sulfone groups is 1. The van der Waals surface area contributed by atoms with Crippen molar-refractivity contribution in [2.24, 2.45) is 0 Å². The number of carboxylic acid groups (broad SMARTS) is 1. The van der Waals surface area contributed by atoms with E-state index in [-0.39, 0.29) is 21.8 Å². The van der Waals surface area contributed by atoms with Crippen molar-refractivity contribution in [1.82, 2.24) is 4.98 Å². The molecule has 0 unspecified atom stereocenters. The van der Waals surface area contributed by atoms with E-state index >= 15 is 0 Å². The highest BCUT2D eigenvalue weighted by molar-refractivity contribution is 7.93. The molecule has 0 saturated heterocycles. The number of halogens is 2. The first-order chi connectivity index (χ1) is 9.79. The Kier molecular flexibility index (Phi) is 4.33. The molecule has 9 heteroatoms. The van der Waals surface area contributed by atoms with Gasteiger partial charge >= 0.3 is 5.97 Å². The van der Waals surface area contributed by atoms with Gasteiger partial charge < -0.3 is 5.11 Å². The van der Waals surface area contributed by atoms with Gasteiger partial charge in [-0.2, -0.15) is 8.78 Å². The molecule has 5 nitrogen and oxygen atoms in total. The number of aromatic nitrogens is 1. The van der Waals surface area contributed by atoms with E-state index in [1.54, 1.807) is 0 Å². The molecule has 0 spiro atoms. The van der Waals surface area contributed by atoms with Gasteiger partial charge in [-0.15, -0.1) is 11.3 Å². The predicted molar refractivity (Wildman–Crippen MR) is 73.5 cm³/mol. The van der Waals surface area contributed by atoms with E-state index in [0.717, 1.165) is 11.3 Å². The van der Waals surface area contributed by atoms with E-state index in [4.69, 9.17) is 5.11 Å². The van der Waals surface area contributed by atoms with Crippen LogP contribution in [0.3, 0.4) is 0 Å². The van der Waals surface area contributed by atoms with E-state index in [0.29, 0.717) is 10.8 Å². The van der Waals surface area contributed by atoms with Crippen molar-refractivity contribution in [1.29, 1.82) is 0 Å². The molecule has 0 aliphatic heterocycles. The van der Waals surface area contributed by atoms with E-state index in [9.17, 15) is 22.0 Å². The minimum Gasteiger partial charge on any atom is -0.478 e. The Hall–Kier alpha value is -1.87. The second kappa shape index (κ2) is 5.86. The van der Waals surface area contributed by atoms with Crippen LogP contribution in [-0.4, -0.2) is 30.2 Å². The normalized spacial score (nSPS) is 11.5. The summed E-state index contributed by atoms with van der Waals surface area (Å²) in [7, 11) is -3.77. The molecular formula is C12H9F2NO4S2. The fourth-order valence-corrected chi connectivity index (χ4v) is 4.13. The first-order valence-electron chi connectivity index (χ1n) is 5.67. The van der Waals surface area contributed by atoms with Gasteiger partial charge in [0.1, 0.15) is 0 Å². The fourth-order valence-electron chi connectivity index (χ4n) is 1.58. The Bertz CT molecular complexity index is 823. The van der Waals surface area contributed by atoms with Gasteiger partial charge in [0, 0.05) is 0 Å². The number of aromatic carboxylic acids is 1. The molecule has 2 rings (SSSR count). The third-order valence-electron chi connectivity index (χ3n) is 2.57. The van der Waals surface area contributed by atoms with E-state index < -0.39 is 27.6 Å². The van der Waals surface area contributed by atoms with Crippen LogP contribution in [0.2, 0.25) is 0 Å². The quantitative estimate of drug-likeness (QED) is 0.909. The zero-order valence-electron chi connectivity index (χ0n) is 10.4. The topological polar surface area (TPSA) is 84.3 Å². The molecule has 0 atom stereocenters. The molecule has 21 heavy (non-hydrogen) atoms. The Labute approximate surface area is 122 Å². The molecule has 112 valence electrons. The number of nitrogens with zero attached hydrogens (tertiary/aromatic N) is 1. The molecule has 0 fully saturated rings. The molecule has 0 radical (unpaired) electrons. The highest BCUT2D eigenvalue weighted by atomic mass is 32.2. The molecule has 1 N–H and O–H groups in total. The van der Waals surface area contributed by atoms with Crippen LogP contribution in [0.25, 0.3) is 10.2 Å². The number of allylic oxidation sites excluding steroid dienone is 1. The SMILES string of the molecule is O=C(O)c1ccc2sc(S(=O)(=O)CCC=C(F)F)nc2c1. The predicted octanol–water partition coefficient (Wildman–Crippen LogP) is 2.94. The van der Waals surface area contributed by atoms with Gasteiger partial charge in [0.25, 0.3) is 6.08 Å². The summed E-state index contributed by atoms with van der Waals surface area (Å²) in [6, 6.07) is 4.09. The summed E-state index contributed by atoms with van der Waals surface area (Å²) in [5, 5.41) is 8.86. The molecule has 0 aliphatic rings. The molecule has 1 heterocycles. The van der Waals surface area contributed by atoms with Gasteiger partial charge in [0.15, 0.2) is 0 Å². The maximum absolute atomic E-state index is 12.0. The molecule has 1 aromatic heterocycles. The number of carboxylic acids is 1. The van der Waals surface area contributed by atoms with Crippen LogP contribution in [0.1, 0.15) is 16.8 Å². The largest absolute Gasteiger partial charge is 0.478 e. The maximum atomic E-state index is 12.0. The van der Waals surface area contributed by atoms with Gasteiger partial charge in [-0.25, -0.2) is 18.2 Å². The number of rotatable bonds is 5. The second-order valence-electron chi connectivity index (χ2n) is 4.07. The lowest BCUT2D eigenvalue weighted by atomic mass is 10.2. The molecular weight excluding hydrogens is 324 g/mol. The Morgan fingerprint density at radius 1 is 1.38 bits per heavy atom. The fraction of sp³-hybridized carbons (Fsp3) is 0.167. The van der Waals surface area contributed by atoms with Crippen LogP contribution >= 0.6 is 11.3 Å². The zero-order valence-corrected chi connectivity index (χ0v) is 12.0. The molecule has 2 aromatic rings. The number of benzene rings is 1. The van der Waals surface area contributed by atoms with Crippen LogP contribution in [0.5, 0.6) is 0 Å². The molecule has 0 bridgehead atoms. The summed E-state index contributed by atoms with van der Waals surface area (Å²) in [6.45, 7) is 0. The summed E-state index contributed by atoms with van der Waals surface area (Å²) in [4.78, 5) is 14.7. The highest BCUT2D eigenvalue weighted by Gasteiger charge is 2.19.